The van der Waals surface area contributed by atoms with E-state index in [1.807, 2.05) is 0 Å². The standard InChI is InChI=1S/C16H18FNO7P2/c1-23-12-5-6-14(17)13(8-12)15-24-26(2,20)16(19,27(21,22)25-15)9-11-4-3-7-18-10-11/h3-8,10,15,19H,9H2,1-2H3,(H,21,22). The Kier molecular flexibility index (Phi) is 5.29. The lowest BCUT2D eigenvalue weighted by molar-refractivity contribution is -0.0459. The molecule has 1 fully saturated rings. The number of halogens is 1. The molecule has 0 amide bonds. The van der Waals surface area contributed by atoms with E-state index in [4.69, 9.17) is 13.8 Å². The molecule has 146 valence electrons. The molecule has 1 aliphatic heterocycles. The van der Waals surface area contributed by atoms with Crippen molar-refractivity contribution in [3.05, 3.63) is 59.7 Å². The Hall–Kier alpha value is -1.60. The minimum atomic E-state index is -4.93. The maximum absolute atomic E-state index is 14.2. The number of benzene rings is 1. The van der Waals surface area contributed by atoms with Gasteiger partial charge in [0.15, 0.2) is 0 Å². The number of aromatic nitrogens is 1. The molecular formula is C16H18FNO7P2. The molecular weight excluding hydrogens is 399 g/mol. The summed E-state index contributed by atoms with van der Waals surface area (Å²) in [5.74, 6) is -0.563. The van der Waals surface area contributed by atoms with E-state index in [0.717, 1.165) is 12.7 Å². The highest BCUT2D eigenvalue weighted by Gasteiger charge is 2.64. The SMILES string of the molecule is COc1ccc(F)c(C2OP(C)(=O)C(O)(Cc3cccnc3)P(=O)(O)O2)c1. The fourth-order valence-corrected chi connectivity index (χ4v) is 7.01. The number of hydrogen-bond acceptors (Lipinski definition) is 7. The largest absolute Gasteiger partial charge is 0.497 e. The van der Waals surface area contributed by atoms with Gasteiger partial charge in [-0.1, -0.05) is 6.07 Å². The molecule has 1 aromatic carbocycles. The van der Waals surface area contributed by atoms with E-state index < -0.39 is 38.6 Å². The molecule has 27 heavy (non-hydrogen) atoms. The van der Waals surface area contributed by atoms with Crippen LogP contribution >= 0.6 is 15.0 Å². The minimum absolute atomic E-state index is 0.244. The molecule has 0 aliphatic carbocycles. The van der Waals surface area contributed by atoms with Crippen molar-refractivity contribution in [2.75, 3.05) is 13.8 Å². The molecule has 11 heteroatoms. The Morgan fingerprint density at radius 3 is 2.67 bits per heavy atom. The van der Waals surface area contributed by atoms with E-state index in [0.29, 0.717) is 5.56 Å². The summed E-state index contributed by atoms with van der Waals surface area (Å²) in [6, 6.07) is 6.69. The highest BCUT2D eigenvalue weighted by Crippen LogP contribution is 2.79. The molecule has 0 saturated carbocycles. The van der Waals surface area contributed by atoms with E-state index in [-0.39, 0.29) is 11.3 Å². The Morgan fingerprint density at radius 1 is 1.33 bits per heavy atom. The number of methoxy groups -OCH3 is 1. The van der Waals surface area contributed by atoms with Crippen LogP contribution in [0, 0.1) is 5.82 Å². The maximum atomic E-state index is 14.2. The summed E-state index contributed by atoms with van der Waals surface area (Å²) in [5, 5.41) is 8.14. The Bertz CT molecular complexity index is 914. The van der Waals surface area contributed by atoms with Gasteiger partial charge in [0.05, 0.1) is 7.11 Å². The number of aliphatic hydroxyl groups is 1. The van der Waals surface area contributed by atoms with Gasteiger partial charge in [0.25, 0.3) is 0 Å². The van der Waals surface area contributed by atoms with Gasteiger partial charge in [0.2, 0.25) is 18.7 Å². The smallest absolute Gasteiger partial charge is 0.372 e. The van der Waals surface area contributed by atoms with Crippen LogP contribution in [0.3, 0.4) is 0 Å². The Morgan fingerprint density at radius 2 is 2.07 bits per heavy atom. The predicted octanol–water partition coefficient (Wildman–Crippen LogP) is 3.26. The molecule has 4 unspecified atom stereocenters. The fourth-order valence-electron chi connectivity index (χ4n) is 2.69. The molecule has 3 rings (SSSR count). The van der Waals surface area contributed by atoms with Crippen molar-refractivity contribution < 1.29 is 37.3 Å². The molecule has 1 aliphatic rings. The summed E-state index contributed by atoms with van der Waals surface area (Å²) in [6.45, 7) is 1.01. The first kappa shape index (κ1) is 20.1. The zero-order chi connectivity index (χ0) is 19.9. The summed E-state index contributed by atoms with van der Waals surface area (Å²) in [7, 11) is -7.75. The van der Waals surface area contributed by atoms with Crippen molar-refractivity contribution in [1.82, 2.24) is 4.98 Å². The maximum Gasteiger partial charge on any atom is 0.372 e. The second kappa shape index (κ2) is 7.09. The third-order valence-electron chi connectivity index (χ3n) is 4.26. The number of rotatable bonds is 4. The summed E-state index contributed by atoms with van der Waals surface area (Å²) in [5.41, 5.74) is 0.0867. The van der Waals surface area contributed by atoms with Gasteiger partial charge in [-0.2, -0.15) is 0 Å². The lowest BCUT2D eigenvalue weighted by Gasteiger charge is -2.43. The molecule has 2 heterocycles. The van der Waals surface area contributed by atoms with Crippen molar-refractivity contribution in [2.45, 2.75) is 17.8 Å². The molecule has 2 aromatic rings. The van der Waals surface area contributed by atoms with E-state index >= 15 is 0 Å². The predicted molar refractivity (Wildman–Crippen MR) is 94.1 cm³/mol. The first-order chi connectivity index (χ1) is 12.6. The summed E-state index contributed by atoms with van der Waals surface area (Å²) < 4.78 is 55.4. The van der Waals surface area contributed by atoms with Crippen molar-refractivity contribution in [3.63, 3.8) is 0 Å². The van der Waals surface area contributed by atoms with Crippen LogP contribution in [0.15, 0.2) is 42.7 Å². The topological polar surface area (TPSA) is 115 Å². The normalized spacial score (nSPS) is 33.6. The van der Waals surface area contributed by atoms with Crippen molar-refractivity contribution in [3.8, 4) is 5.75 Å². The third-order valence-corrected chi connectivity index (χ3v) is 9.70. The van der Waals surface area contributed by atoms with Crippen molar-refractivity contribution in [2.24, 2.45) is 0 Å². The molecule has 2 N–H and O–H groups in total. The molecule has 4 atom stereocenters. The van der Waals surface area contributed by atoms with Crippen LogP contribution in [0.25, 0.3) is 0 Å². The molecule has 0 bridgehead atoms. The molecule has 0 radical (unpaired) electrons. The molecule has 1 saturated heterocycles. The van der Waals surface area contributed by atoms with Gasteiger partial charge in [0, 0.05) is 31.0 Å². The zero-order valence-corrected chi connectivity index (χ0v) is 16.3. The van der Waals surface area contributed by atoms with E-state index in [1.54, 1.807) is 12.1 Å². The van der Waals surface area contributed by atoms with Gasteiger partial charge < -0.3 is 14.7 Å². The average Bonchev–Trinajstić information content (AvgIpc) is 2.60. The van der Waals surface area contributed by atoms with Gasteiger partial charge in [-0.05, 0) is 29.8 Å². The van der Waals surface area contributed by atoms with Crippen molar-refractivity contribution >= 4 is 15.0 Å². The van der Waals surface area contributed by atoms with Crippen molar-refractivity contribution in [1.29, 1.82) is 0 Å². The van der Waals surface area contributed by atoms with Gasteiger partial charge >= 0.3 is 7.60 Å². The lowest BCUT2D eigenvalue weighted by atomic mass is 10.2. The highest BCUT2D eigenvalue weighted by molar-refractivity contribution is 7.75. The zero-order valence-electron chi connectivity index (χ0n) is 14.5. The molecule has 1 aromatic heterocycles. The Labute approximate surface area is 154 Å². The van der Waals surface area contributed by atoms with Gasteiger partial charge in [0.1, 0.15) is 11.6 Å². The van der Waals surface area contributed by atoms with E-state index in [9.17, 15) is 23.5 Å². The van der Waals surface area contributed by atoms with Gasteiger partial charge in [-0.15, -0.1) is 0 Å². The van der Waals surface area contributed by atoms with Crippen LogP contribution in [0.1, 0.15) is 17.4 Å². The summed E-state index contributed by atoms with van der Waals surface area (Å²) in [4.78, 5) is 14.2. The number of nitrogens with zero attached hydrogens (tertiary/aromatic N) is 1. The monoisotopic (exact) mass is 417 g/mol. The average molecular weight is 417 g/mol. The van der Waals surface area contributed by atoms with Crippen LogP contribution in [0.4, 0.5) is 4.39 Å². The first-order valence-corrected chi connectivity index (χ1v) is 11.5. The minimum Gasteiger partial charge on any atom is -0.497 e. The molecule has 8 nitrogen and oxygen atoms in total. The van der Waals surface area contributed by atoms with Crippen LogP contribution in [-0.2, 0) is 24.6 Å². The fraction of sp³-hybridized carbons (Fsp3) is 0.312. The van der Waals surface area contributed by atoms with Crippen LogP contribution in [-0.4, -0.2) is 33.8 Å². The number of hydrogen-bond donors (Lipinski definition) is 2. The van der Waals surface area contributed by atoms with Crippen LogP contribution in [0.2, 0.25) is 0 Å². The van der Waals surface area contributed by atoms with E-state index in [1.165, 1.54) is 31.6 Å². The quantitative estimate of drug-likeness (QED) is 0.729. The summed E-state index contributed by atoms with van der Waals surface area (Å²) in [6.07, 6.45) is 0.593. The molecule has 0 spiro atoms. The van der Waals surface area contributed by atoms with Gasteiger partial charge in [-0.25, -0.2) is 4.39 Å². The second-order valence-corrected chi connectivity index (χ2v) is 11.1. The Balaban J connectivity index is 2.00. The third kappa shape index (κ3) is 3.59. The number of pyridine rings is 1. The van der Waals surface area contributed by atoms with E-state index in [2.05, 4.69) is 4.98 Å². The van der Waals surface area contributed by atoms with Crippen LogP contribution < -0.4 is 4.74 Å². The number of ether oxygens (including phenoxy) is 1. The van der Waals surface area contributed by atoms with Crippen LogP contribution in [0.5, 0.6) is 5.75 Å². The van der Waals surface area contributed by atoms with Gasteiger partial charge in [-0.3, -0.25) is 23.2 Å². The first-order valence-electron chi connectivity index (χ1n) is 7.82. The second-order valence-electron chi connectivity index (χ2n) is 6.11. The summed E-state index contributed by atoms with van der Waals surface area (Å²) >= 11 is 0. The lowest BCUT2D eigenvalue weighted by Crippen LogP contribution is -2.37. The highest BCUT2D eigenvalue weighted by atomic mass is 31.2.